The molecule has 2 N–H and O–H groups in total. The second-order valence-corrected chi connectivity index (χ2v) is 5.49. The fraction of sp³-hybridized carbons (Fsp3) is 0.538. The number of benzene rings is 1. The minimum absolute atomic E-state index is 0.593. The molecule has 1 aromatic rings. The summed E-state index contributed by atoms with van der Waals surface area (Å²) in [7, 11) is 0. The van der Waals surface area contributed by atoms with Crippen LogP contribution in [0.1, 0.15) is 18.4 Å². The molecule has 0 bridgehead atoms. The summed E-state index contributed by atoms with van der Waals surface area (Å²) in [6.45, 7) is 2.73. The number of aliphatic hydroxyl groups is 1. The monoisotopic (exact) mass is 299 g/mol. The van der Waals surface area contributed by atoms with E-state index in [-0.39, 0.29) is 0 Å². The van der Waals surface area contributed by atoms with Crippen LogP contribution >= 0.6 is 15.9 Å². The molecule has 0 saturated carbocycles. The zero-order valence-corrected chi connectivity index (χ0v) is 11.4. The summed E-state index contributed by atoms with van der Waals surface area (Å²) < 4.78 is 6.34. The average molecular weight is 300 g/mol. The molecule has 0 atom stereocenters. The summed E-state index contributed by atoms with van der Waals surface area (Å²) in [6, 6.07) is 8.19. The van der Waals surface area contributed by atoms with Crippen LogP contribution in [0.3, 0.4) is 0 Å². The summed E-state index contributed by atoms with van der Waals surface area (Å²) in [5.41, 5.74) is 0.625. The van der Waals surface area contributed by atoms with Crippen LogP contribution in [-0.4, -0.2) is 30.5 Å². The molecule has 0 aliphatic carbocycles. The highest BCUT2D eigenvalue weighted by atomic mass is 79.9. The highest BCUT2D eigenvalue weighted by Gasteiger charge is 2.28. The lowest BCUT2D eigenvalue weighted by Crippen LogP contribution is -2.44. The first-order chi connectivity index (χ1) is 8.18. The standard InChI is InChI=1S/C13H18BrNO2/c14-12-3-1-2-11(8-12)9-15-10-13(16)4-6-17-7-5-13/h1-3,8,15-16H,4-7,9-10H2. The molecule has 17 heavy (non-hydrogen) atoms. The van der Waals surface area contributed by atoms with Crippen molar-refractivity contribution >= 4 is 15.9 Å². The molecule has 1 aliphatic rings. The Labute approximate surface area is 110 Å². The van der Waals surface area contributed by atoms with Gasteiger partial charge in [-0.3, -0.25) is 0 Å². The lowest BCUT2D eigenvalue weighted by Gasteiger charge is -2.32. The normalized spacial score (nSPS) is 19.2. The number of hydrogen-bond acceptors (Lipinski definition) is 3. The van der Waals surface area contributed by atoms with Crippen molar-refractivity contribution in [2.24, 2.45) is 0 Å². The van der Waals surface area contributed by atoms with Gasteiger partial charge in [0.15, 0.2) is 0 Å². The molecule has 3 nitrogen and oxygen atoms in total. The van der Waals surface area contributed by atoms with Gasteiger partial charge in [-0.05, 0) is 17.7 Å². The Morgan fingerprint density at radius 2 is 2.12 bits per heavy atom. The van der Waals surface area contributed by atoms with E-state index in [9.17, 15) is 5.11 Å². The van der Waals surface area contributed by atoms with Gasteiger partial charge in [-0.1, -0.05) is 28.1 Å². The second-order valence-electron chi connectivity index (χ2n) is 4.57. The summed E-state index contributed by atoms with van der Waals surface area (Å²) >= 11 is 3.45. The van der Waals surface area contributed by atoms with E-state index >= 15 is 0 Å². The molecule has 0 spiro atoms. The fourth-order valence-electron chi connectivity index (χ4n) is 2.01. The quantitative estimate of drug-likeness (QED) is 0.894. The Hall–Kier alpha value is -0.420. The van der Waals surface area contributed by atoms with E-state index in [1.54, 1.807) is 0 Å². The maximum Gasteiger partial charge on any atom is 0.0815 e. The molecular formula is C13H18BrNO2. The molecule has 1 aromatic carbocycles. The van der Waals surface area contributed by atoms with E-state index in [2.05, 4.69) is 33.4 Å². The van der Waals surface area contributed by atoms with Gasteiger partial charge in [-0.15, -0.1) is 0 Å². The number of ether oxygens (including phenoxy) is 1. The first kappa shape index (κ1) is 13.0. The first-order valence-corrected chi connectivity index (χ1v) is 6.73. The second kappa shape index (κ2) is 5.96. The van der Waals surface area contributed by atoms with Gasteiger partial charge >= 0.3 is 0 Å². The highest BCUT2D eigenvalue weighted by Crippen LogP contribution is 2.19. The van der Waals surface area contributed by atoms with E-state index < -0.39 is 5.60 Å². The molecular weight excluding hydrogens is 282 g/mol. The van der Waals surface area contributed by atoms with Crippen LogP contribution in [0.2, 0.25) is 0 Å². The number of nitrogens with one attached hydrogen (secondary N) is 1. The zero-order valence-electron chi connectivity index (χ0n) is 9.79. The molecule has 0 radical (unpaired) electrons. The summed E-state index contributed by atoms with van der Waals surface area (Å²) in [6.07, 6.45) is 1.44. The van der Waals surface area contributed by atoms with Crippen molar-refractivity contribution in [3.8, 4) is 0 Å². The van der Waals surface area contributed by atoms with Gasteiger partial charge in [-0.2, -0.15) is 0 Å². The molecule has 4 heteroatoms. The predicted octanol–water partition coefficient (Wildman–Crippen LogP) is 2.08. The van der Waals surface area contributed by atoms with Crippen molar-refractivity contribution < 1.29 is 9.84 Å². The van der Waals surface area contributed by atoms with Gasteiger partial charge in [0.05, 0.1) is 5.60 Å². The Kier molecular flexibility index (Phi) is 4.56. The number of rotatable bonds is 4. The third-order valence-electron chi connectivity index (χ3n) is 3.10. The van der Waals surface area contributed by atoms with E-state index in [0.717, 1.165) is 23.9 Å². The average Bonchev–Trinajstić information content (AvgIpc) is 2.30. The molecule has 0 amide bonds. The van der Waals surface area contributed by atoms with Crippen LogP contribution in [0.25, 0.3) is 0 Å². The fourth-order valence-corrected chi connectivity index (χ4v) is 2.46. The molecule has 1 heterocycles. The molecule has 1 saturated heterocycles. The largest absolute Gasteiger partial charge is 0.388 e. The Balaban J connectivity index is 1.79. The highest BCUT2D eigenvalue weighted by molar-refractivity contribution is 9.10. The number of hydrogen-bond donors (Lipinski definition) is 2. The van der Waals surface area contributed by atoms with Crippen LogP contribution < -0.4 is 5.32 Å². The minimum atomic E-state index is -0.593. The summed E-state index contributed by atoms with van der Waals surface area (Å²) in [5, 5.41) is 13.6. The van der Waals surface area contributed by atoms with Crippen LogP contribution in [0.4, 0.5) is 0 Å². The van der Waals surface area contributed by atoms with Crippen LogP contribution in [0.5, 0.6) is 0 Å². The lowest BCUT2D eigenvalue weighted by molar-refractivity contribution is -0.0617. The molecule has 0 aromatic heterocycles. The molecule has 0 unspecified atom stereocenters. The van der Waals surface area contributed by atoms with Crippen LogP contribution in [-0.2, 0) is 11.3 Å². The Bertz CT molecular complexity index is 364. The molecule has 1 fully saturated rings. The van der Waals surface area contributed by atoms with Gasteiger partial charge in [0.2, 0.25) is 0 Å². The maximum absolute atomic E-state index is 10.3. The first-order valence-electron chi connectivity index (χ1n) is 5.93. The van der Waals surface area contributed by atoms with Gasteiger partial charge < -0.3 is 15.2 Å². The van der Waals surface area contributed by atoms with Crippen molar-refractivity contribution in [1.82, 2.24) is 5.32 Å². The minimum Gasteiger partial charge on any atom is -0.388 e. The van der Waals surface area contributed by atoms with E-state index in [0.29, 0.717) is 19.8 Å². The molecule has 2 rings (SSSR count). The van der Waals surface area contributed by atoms with Crippen molar-refractivity contribution in [2.45, 2.75) is 25.0 Å². The van der Waals surface area contributed by atoms with Crippen molar-refractivity contribution in [1.29, 1.82) is 0 Å². The zero-order chi connectivity index (χ0) is 12.1. The third kappa shape index (κ3) is 4.07. The van der Waals surface area contributed by atoms with Crippen LogP contribution in [0, 0.1) is 0 Å². The third-order valence-corrected chi connectivity index (χ3v) is 3.59. The lowest BCUT2D eigenvalue weighted by atomic mass is 9.94. The van der Waals surface area contributed by atoms with Gasteiger partial charge in [0.25, 0.3) is 0 Å². The van der Waals surface area contributed by atoms with E-state index in [1.807, 2.05) is 12.1 Å². The van der Waals surface area contributed by atoms with Crippen molar-refractivity contribution in [3.05, 3.63) is 34.3 Å². The molecule has 94 valence electrons. The van der Waals surface area contributed by atoms with Gasteiger partial charge in [0.1, 0.15) is 0 Å². The SMILES string of the molecule is OC1(CNCc2cccc(Br)c2)CCOCC1. The maximum atomic E-state index is 10.3. The van der Waals surface area contributed by atoms with E-state index in [4.69, 9.17) is 4.74 Å². The summed E-state index contributed by atoms with van der Waals surface area (Å²) in [4.78, 5) is 0. The van der Waals surface area contributed by atoms with Gasteiger partial charge in [0, 0.05) is 43.6 Å². The topological polar surface area (TPSA) is 41.5 Å². The molecule has 1 aliphatic heterocycles. The van der Waals surface area contributed by atoms with Crippen molar-refractivity contribution in [2.75, 3.05) is 19.8 Å². The van der Waals surface area contributed by atoms with Crippen LogP contribution in [0.15, 0.2) is 28.7 Å². The van der Waals surface area contributed by atoms with E-state index in [1.165, 1.54) is 5.56 Å². The van der Waals surface area contributed by atoms with Gasteiger partial charge in [-0.25, -0.2) is 0 Å². The summed E-state index contributed by atoms with van der Waals surface area (Å²) in [5.74, 6) is 0. The smallest absolute Gasteiger partial charge is 0.0815 e. The Morgan fingerprint density at radius 1 is 1.35 bits per heavy atom. The Morgan fingerprint density at radius 3 is 2.82 bits per heavy atom. The number of halogens is 1. The van der Waals surface area contributed by atoms with Crippen molar-refractivity contribution in [3.63, 3.8) is 0 Å². The predicted molar refractivity (Wildman–Crippen MR) is 70.9 cm³/mol.